The highest BCUT2D eigenvalue weighted by Crippen LogP contribution is 2.45. The minimum Gasteiger partial charge on any atom is -0.464 e. The third kappa shape index (κ3) is 6.04. The number of hydrogen-bond donors (Lipinski definition) is 0. The number of ketones is 1. The van der Waals surface area contributed by atoms with E-state index in [1.54, 1.807) is 0 Å². The van der Waals surface area contributed by atoms with Crippen molar-refractivity contribution in [2.75, 3.05) is 6.61 Å². The van der Waals surface area contributed by atoms with Gasteiger partial charge in [-0.2, -0.15) is 0 Å². The molecule has 1 fully saturated rings. The molecule has 5 heteroatoms. The zero-order chi connectivity index (χ0) is 23.4. The number of esters is 1. The molecule has 1 saturated carbocycles. The van der Waals surface area contributed by atoms with Gasteiger partial charge in [-0.1, -0.05) is 64.7 Å². The summed E-state index contributed by atoms with van der Waals surface area (Å²) in [6.07, 6.45) is 5.30. The molecule has 0 N–H and O–H groups in total. The molecule has 2 atom stereocenters. The molecule has 172 valence electrons. The second-order valence-electron chi connectivity index (χ2n) is 10.8. The van der Waals surface area contributed by atoms with E-state index in [1.165, 1.54) is 0 Å². The largest absolute Gasteiger partial charge is 0.464 e. The van der Waals surface area contributed by atoms with Crippen molar-refractivity contribution < 1.29 is 18.9 Å². The van der Waals surface area contributed by atoms with Gasteiger partial charge in [-0.15, -0.1) is 0 Å². The van der Waals surface area contributed by atoms with E-state index in [4.69, 9.17) is 4.74 Å². The molecule has 1 aliphatic carbocycles. The first-order valence-corrected chi connectivity index (χ1v) is 12.4. The van der Waals surface area contributed by atoms with Gasteiger partial charge in [0.15, 0.2) is 14.2 Å². The van der Waals surface area contributed by atoms with Crippen molar-refractivity contribution in [3.05, 3.63) is 34.4 Å². The first-order valence-electron chi connectivity index (χ1n) is 11.6. The maximum atomic E-state index is 14.0. The fraction of sp³-hybridized carbons (Fsp3) is 0.692. The highest BCUT2D eigenvalue weighted by Gasteiger charge is 2.55. The van der Waals surface area contributed by atoms with Gasteiger partial charge in [0.25, 0.3) is 0 Å². The Labute approximate surface area is 189 Å². The Morgan fingerprint density at radius 2 is 1.61 bits per heavy atom. The Morgan fingerprint density at radius 1 is 1.06 bits per heavy atom. The monoisotopic (exact) mass is 446 g/mol. The lowest BCUT2D eigenvalue weighted by atomic mass is 9.74. The van der Waals surface area contributed by atoms with Crippen LogP contribution in [0, 0.1) is 38.0 Å². The van der Waals surface area contributed by atoms with Gasteiger partial charge < -0.3 is 4.74 Å². The normalized spacial score (nSPS) is 18.4. The van der Waals surface area contributed by atoms with E-state index in [1.807, 2.05) is 39.8 Å². The van der Waals surface area contributed by atoms with E-state index in [0.29, 0.717) is 5.56 Å². The average Bonchev–Trinajstić information content (AvgIpc) is 2.66. The number of Topliss-reactive ketones (excluding diaryl/α,β-unsaturated/α-hetero) is 1. The summed E-state index contributed by atoms with van der Waals surface area (Å²) in [5, 5.41) is -1.66. The van der Waals surface area contributed by atoms with Crippen LogP contribution in [0.1, 0.15) is 93.3 Å². The second-order valence-corrected chi connectivity index (χ2v) is 11.7. The third-order valence-corrected chi connectivity index (χ3v) is 7.40. The summed E-state index contributed by atoms with van der Waals surface area (Å²) in [5.41, 5.74) is 3.34. The van der Waals surface area contributed by atoms with Crippen molar-refractivity contribution in [2.45, 2.75) is 92.1 Å². The van der Waals surface area contributed by atoms with E-state index in [9.17, 15) is 14.2 Å². The molecule has 0 heterocycles. The van der Waals surface area contributed by atoms with Crippen LogP contribution in [0.25, 0.3) is 0 Å². The zero-order valence-electron chi connectivity index (χ0n) is 20.3. The van der Waals surface area contributed by atoms with Crippen LogP contribution in [0.5, 0.6) is 0 Å². The smallest absolute Gasteiger partial charge is 0.332 e. The maximum Gasteiger partial charge on any atom is 0.332 e. The van der Waals surface area contributed by atoms with Gasteiger partial charge in [0, 0.05) is 5.56 Å². The standard InChI is InChI=1S/C26H39O4P/c1-17-13-19(3)22(20(4)14-17)23(27)26(31-29,21-11-9-8-10-12-21)24(28)30-16-18(2)15-25(5,6)7/h13-14,18,21H,8-12,15-16H2,1-7H3. The van der Waals surface area contributed by atoms with Gasteiger partial charge >= 0.3 is 5.97 Å². The fourth-order valence-corrected chi connectivity index (χ4v) is 6.02. The minimum absolute atomic E-state index is 0.120. The number of hydrogen-bond acceptors (Lipinski definition) is 4. The van der Waals surface area contributed by atoms with Crippen LogP contribution < -0.4 is 0 Å². The van der Waals surface area contributed by atoms with Crippen LogP contribution >= 0.6 is 8.46 Å². The van der Waals surface area contributed by atoms with Crippen molar-refractivity contribution >= 4 is 20.2 Å². The topological polar surface area (TPSA) is 60.4 Å². The maximum absolute atomic E-state index is 14.0. The highest BCUT2D eigenvalue weighted by molar-refractivity contribution is 7.30. The first kappa shape index (κ1) is 25.7. The molecule has 0 amide bonds. The molecule has 0 bridgehead atoms. The number of rotatable bonds is 8. The van der Waals surface area contributed by atoms with E-state index in [-0.39, 0.29) is 29.6 Å². The summed E-state index contributed by atoms with van der Waals surface area (Å²) in [4.78, 5) is 27.5. The molecule has 1 aromatic rings. The lowest BCUT2D eigenvalue weighted by Crippen LogP contribution is -2.50. The predicted octanol–water partition coefficient (Wildman–Crippen LogP) is 7.02. The van der Waals surface area contributed by atoms with Crippen LogP contribution in [-0.2, 0) is 14.1 Å². The van der Waals surface area contributed by atoms with E-state index < -0.39 is 19.6 Å². The van der Waals surface area contributed by atoms with Crippen molar-refractivity contribution in [2.24, 2.45) is 17.3 Å². The summed E-state index contributed by atoms with van der Waals surface area (Å²) in [7, 11) is -0.454. The highest BCUT2D eigenvalue weighted by atomic mass is 31.1. The first-order chi connectivity index (χ1) is 14.4. The number of carbonyl (C=O) groups is 2. The SMILES string of the molecule is Cc1cc(C)c(C(=O)C(P=O)(C(=O)OCC(C)CC(C)(C)C)C2CCCCC2)c(C)c1. The van der Waals surface area contributed by atoms with Crippen molar-refractivity contribution in [3.8, 4) is 0 Å². The summed E-state index contributed by atoms with van der Waals surface area (Å²) in [6.45, 7) is 14.5. The van der Waals surface area contributed by atoms with Gasteiger partial charge in [-0.25, -0.2) is 0 Å². The van der Waals surface area contributed by atoms with Gasteiger partial charge in [0.2, 0.25) is 5.16 Å². The summed E-state index contributed by atoms with van der Waals surface area (Å²) >= 11 is 0. The van der Waals surface area contributed by atoms with E-state index in [2.05, 4.69) is 20.8 Å². The average molecular weight is 447 g/mol. The Hall–Kier alpha value is -1.54. The molecule has 31 heavy (non-hydrogen) atoms. The predicted molar refractivity (Wildman–Crippen MR) is 126 cm³/mol. The van der Waals surface area contributed by atoms with Crippen molar-refractivity contribution in [1.29, 1.82) is 0 Å². The summed E-state index contributed by atoms with van der Waals surface area (Å²) in [6, 6.07) is 3.90. The van der Waals surface area contributed by atoms with Crippen LogP contribution in [0.15, 0.2) is 12.1 Å². The number of ether oxygens (including phenoxy) is 1. The fourth-order valence-electron chi connectivity index (χ4n) is 5.28. The Bertz CT molecular complexity index is 794. The lowest BCUT2D eigenvalue weighted by molar-refractivity contribution is -0.148. The van der Waals surface area contributed by atoms with Crippen LogP contribution in [-0.4, -0.2) is 23.5 Å². The third-order valence-electron chi connectivity index (χ3n) is 6.36. The second kappa shape index (κ2) is 10.4. The van der Waals surface area contributed by atoms with Crippen molar-refractivity contribution in [3.63, 3.8) is 0 Å². The molecule has 0 spiro atoms. The van der Waals surface area contributed by atoms with Crippen molar-refractivity contribution in [1.82, 2.24) is 0 Å². The molecular weight excluding hydrogens is 407 g/mol. The van der Waals surface area contributed by atoms with Gasteiger partial charge in [0.1, 0.15) is 0 Å². The van der Waals surface area contributed by atoms with Crippen LogP contribution in [0.3, 0.4) is 0 Å². The number of aryl methyl sites for hydroxylation is 3. The zero-order valence-corrected chi connectivity index (χ0v) is 21.2. The summed E-state index contributed by atoms with van der Waals surface area (Å²) < 4.78 is 18.5. The van der Waals surface area contributed by atoms with Gasteiger partial charge in [-0.3, -0.25) is 14.2 Å². The quantitative estimate of drug-likeness (QED) is 0.186. The molecule has 0 saturated heterocycles. The Morgan fingerprint density at radius 3 is 2.10 bits per heavy atom. The van der Waals surface area contributed by atoms with E-state index in [0.717, 1.165) is 55.2 Å². The number of benzene rings is 1. The molecule has 0 aliphatic heterocycles. The molecule has 4 nitrogen and oxygen atoms in total. The van der Waals surface area contributed by atoms with E-state index >= 15 is 0 Å². The van der Waals surface area contributed by atoms with Crippen LogP contribution in [0.2, 0.25) is 0 Å². The molecule has 0 radical (unpaired) electrons. The Kier molecular flexibility index (Phi) is 8.62. The molecule has 2 unspecified atom stereocenters. The van der Waals surface area contributed by atoms with Gasteiger partial charge in [-0.05, 0) is 68.4 Å². The van der Waals surface area contributed by atoms with Gasteiger partial charge in [0.05, 0.1) is 6.61 Å². The molecular formula is C26H39O4P. The molecule has 1 aromatic carbocycles. The molecule has 2 rings (SSSR count). The van der Waals surface area contributed by atoms with Crippen LogP contribution in [0.4, 0.5) is 0 Å². The Balaban J connectivity index is 2.43. The molecule has 1 aliphatic rings. The molecule has 0 aromatic heterocycles. The lowest BCUT2D eigenvalue weighted by Gasteiger charge is -2.35. The number of carbonyl (C=O) groups excluding carboxylic acids is 2. The summed E-state index contributed by atoms with van der Waals surface area (Å²) in [5.74, 6) is -1.08. The minimum atomic E-state index is -1.66.